The number of imide groups is 1. The van der Waals surface area contributed by atoms with Gasteiger partial charge in [-0.3, -0.25) is 10.1 Å². The molecule has 0 aromatic carbocycles. The fourth-order valence-electron chi connectivity index (χ4n) is 3.46. The monoisotopic (exact) mass is 291 g/mol. The van der Waals surface area contributed by atoms with Gasteiger partial charge in [0.2, 0.25) is 0 Å². The van der Waals surface area contributed by atoms with Gasteiger partial charge in [-0.25, -0.2) is 4.79 Å². The van der Waals surface area contributed by atoms with E-state index < -0.39 is 5.54 Å². The summed E-state index contributed by atoms with van der Waals surface area (Å²) in [6, 6.07) is 2.03. The predicted octanol–water partition coefficient (Wildman–Crippen LogP) is 2.96. The molecule has 2 aliphatic rings. The van der Waals surface area contributed by atoms with E-state index in [1.807, 2.05) is 13.8 Å². The van der Waals surface area contributed by atoms with E-state index in [1.165, 1.54) is 0 Å². The van der Waals surface area contributed by atoms with Gasteiger partial charge in [0.25, 0.3) is 5.91 Å². The third-order valence-electron chi connectivity index (χ3n) is 4.82. The summed E-state index contributed by atoms with van der Waals surface area (Å²) in [6.07, 6.45) is 7.30. The molecule has 21 heavy (non-hydrogen) atoms. The lowest BCUT2D eigenvalue weighted by Crippen LogP contribution is -2.49. The first-order valence-electron chi connectivity index (χ1n) is 7.96. The van der Waals surface area contributed by atoms with E-state index in [0.717, 1.165) is 51.4 Å². The number of urea groups is 1. The summed E-state index contributed by atoms with van der Waals surface area (Å²) < 4.78 is 0. The smallest absolute Gasteiger partial charge is 0.310 e. The first-order valence-corrected chi connectivity index (χ1v) is 7.96. The summed E-state index contributed by atoms with van der Waals surface area (Å²) in [5.74, 6) is -0.117. The van der Waals surface area contributed by atoms with Gasteiger partial charge in [0, 0.05) is 6.54 Å². The molecule has 1 saturated heterocycles. The Bertz CT molecular complexity index is 457. The Morgan fingerprint density at radius 2 is 1.86 bits per heavy atom. The van der Waals surface area contributed by atoms with Crippen LogP contribution >= 0.6 is 0 Å². The van der Waals surface area contributed by atoms with E-state index in [2.05, 4.69) is 11.4 Å². The molecule has 1 saturated carbocycles. The van der Waals surface area contributed by atoms with Gasteiger partial charge < -0.3 is 4.90 Å². The number of rotatable bonds is 4. The molecule has 5 nitrogen and oxygen atoms in total. The molecule has 2 fully saturated rings. The normalized spacial score (nSPS) is 22.0. The van der Waals surface area contributed by atoms with E-state index in [0.29, 0.717) is 6.54 Å². The Labute approximate surface area is 126 Å². The van der Waals surface area contributed by atoms with Gasteiger partial charge in [0.05, 0.1) is 11.5 Å². The summed E-state index contributed by atoms with van der Waals surface area (Å²) in [5.41, 5.74) is -0.999. The van der Waals surface area contributed by atoms with Crippen molar-refractivity contribution in [2.24, 2.45) is 5.41 Å². The van der Waals surface area contributed by atoms with E-state index in [-0.39, 0.29) is 17.4 Å². The van der Waals surface area contributed by atoms with Crippen LogP contribution in [0.5, 0.6) is 0 Å². The molecule has 1 aliphatic carbocycles. The second kappa shape index (κ2) is 6.05. The maximum absolute atomic E-state index is 12.3. The van der Waals surface area contributed by atoms with E-state index >= 15 is 0 Å². The first kappa shape index (κ1) is 15.8. The zero-order valence-electron chi connectivity index (χ0n) is 13.1. The van der Waals surface area contributed by atoms with Gasteiger partial charge in [-0.05, 0) is 39.5 Å². The molecule has 116 valence electrons. The Balaban J connectivity index is 2.06. The molecule has 1 N–H and O–H groups in total. The fourth-order valence-corrected chi connectivity index (χ4v) is 3.46. The predicted molar refractivity (Wildman–Crippen MR) is 79.3 cm³/mol. The maximum atomic E-state index is 12.3. The average Bonchev–Trinajstić information content (AvgIpc) is 2.64. The van der Waals surface area contributed by atoms with Crippen LogP contribution in [0.25, 0.3) is 0 Å². The number of carbonyl (C=O) groups is 2. The van der Waals surface area contributed by atoms with Crippen LogP contribution in [0, 0.1) is 16.7 Å². The molecule has 1 aliphatic heterocycles. The van der Waals surface area contributed by atoms with Gasteiger partial charge in [-0.1, -0.05) is 25.7 Å². The minimum Gasteiger partial charge on any atom is -0.310 e. The van der Waals surface area contributed by atoms with Crippen molar-refractivity contribution in [1.82, 2.24) is 10.2 Å². The fraction of sp³-hybridized carbons (Fsp3) is 0.812. The molecule has 0 bridgehead atoms. The Morgan fingerprint density at radius 1 is 1.24 bits per heavy atom. The van der Waals surface area contributed by atoms with Crippen molar-refractivity contribution in [3.05, 3.63) is 0 Å². The summed E-state index contributed by atoms with van der Waals surface area (Å²) >= 11 is 0. The number of nitrogens with zero attached hydrogens (tertiary/aromatic N) is 2. The molecule has 0 aromatic rings. The van der Waals surface area contributed by atoms with Crippen molar-refractivity contribution >= 4 is 11.9 Å². The highest BCUT2D eigenvalue weighted by Gasteiger charge is 2.51. The van der Waals surface area contributed by atoms with Crippen molar-refractivity contribution in [3.8, 4) is 6.07 Å². The summed E-state index contributed by atoms with van der Waals surface area (Å²) in [7, 11) is 0. The second-order valence-corrected chi connectivity index (χ2v) is 6.96. The number of hydrogen-bond donors (Lipinski definition) is 1. The topological polar surface area (TPSA) is 73.2 Å². The highest BCUT2D eigenvalue weighted by Crippen LogP contribution is 2.36. The van der Waals surface area contributed by atoms with Crippen LogP contribution in [-0.4, -0.2) is 28.9 Å². The van der Waals surface area contributed by atoms with Crippen molar-refractivity contribution in [2.45, 2.75) is 70.8 Å². The SMILES string of the molecule is CC(C)(C#N)CCCN1C(=O)NC(=O)C12CCCCCC2. The Hall–Kier alpha value is -1.57. The standard InChI is InChI=1S/C16H25N3O2/c1-15(2,12-17)8-7-11-19-14(21)18-13(20)16(19)9-5-3-4-6-10-16/h3-11H2,1-2H3,(H,18,20,21). The van der Waals surface area contributed by atoms with Crippen LogP contribution in [0.1, 0.15) is 65.2 Å². The molecule has 0 radical (unpaired) electrons. The number of amides is 3. The summed E-state index contributed by atoms with van der Waals surface area (Å²) in [4.78, 5) is 26.2. The minimum atomic E-state index is -0.621. The van der Waals surface area contributed by atoms with Crippen LogP contribution in [0.3, 0.4) is 0 Å². The van der Waals surface area contributed by atoms with Crippen LogP contribution in [0.4, 0.5) is 4.79 Å². The van der Waals surface area contributed by atoms with Gasteiger partial charge in [0.1, 0.15) is 5.54 Å². The quantitative estimate of drug-likeness (QED) is 0.809. The summed E-state index contributed by atoms with van der Waals surface area (Å²) in [5, 5.41) is 11.6. The summed E-state index contributed by atoms with van der Waals surface area (Å²) in [6.45, 7) is 4.37. The first-order chi connectivity index (χ1) is 9.91. The van der Waals surface area contributed by atoms with Crippen molar-refractivity contribution in [2.75, 3.05) is 6.54 Å². The van der Waals surface area contributed by atoms with Crippen LogP contribution < -0.4 is 5.32 Å². The molecular formula is C16H25N3O2. The highest BCUT2D eigenvalue weighted by atomic mass is 16.2. The molecular weight excluding hydrogens is 266 g/mol. The van der Waals surface area contributed by atoms with Crippen molar-refractivity contribution < 1.29 is 9.59 Å². The van der Waals surface area contributed by atoms with Gasteiger partial charge in [-0.15, -0.1) is 0 Å². The zero-order chi connectivity index (χ0) is 15.5. The molecule has 0 atom stereocenters. The van der Waals surface area contributed by atoms with E-state index in [9.17, 15) is 9.59 Å². The third kappa shape index (κ3) is 3.20. The third-order valence-corrected chi connectivity index (χ3v) is 4.82. The van der Waals surface area contributed by atoms with E-state index in [4.69, 9.17) is 5.26 Å². The lowest BCUT2D eigenvalue weighted by molar-refractivity contribution is -0.127. The van der Waals surface area contributed by atoms with Crippen LogP contribution in [0.2, 0.25) is 0 Å². The zero-order valence-corrected chi connectivity index (χ0v) is 13.1. The van der Waals surface area contributed by atoms with Crippen molar-refractivity contribution in [1.29, 1.82) is 5.26 Å². The molecule has 1 heterocycles. The molecule has 5 heteroatoms. The molecule has 0 aromatic heterocycles. The van der Waals surface area contributed by atoms with Gasteiger partial charge in [0.15, 0.2) is 0 Å². The molecule has 3 amide bonds. The van der Waals surface area contributed by atoms with Crippen molar-refractivity contribution in [3.63, 3.8) is 0 Å². The van der Waals surface area contributed by atoms with Gasteiger partial charge >= 0.3 is 6.03 Å². The Morgan fingerprint density at radius 3 is 2.43 bits per heavy atom. The lowest BCUT2D eigenvalue weighted by Gasteiger charge is -2.35. The number of hydrogen-bond acceptors (Lipinski definition) is 3. The molecule has 0 unspecified atom stereocenters. The molecule has 2 rings (SSSR count). The minimum absolute atomic E-state index is 0.117. The highest BCUT2D eigenvalue weighted by molar-refractivity contribution is 6.07. The number of nitriles is 1. The number of carbonyl (C=O) groups excluding carboxylic acids is 2. The van der Waals surface area contributed by atoms with Gasteiger partial charge in [-0.2, -0.15) is 5.26 Å². The second-order valence-electron chi connectivity index (χ2n) is 6.96. The average molecular weight is 291 g/mol. The maximum Gasteiger partial charge on any atom is 0.325 e. The molecule has 1 spiro atoms. The number of nitrogens with one attached hydrogen (secondary N) is 1. The van der Waals surface area contributed by atoms with Crippen LogP contribution in [0.15, 0.2) is 0 Å². The van der Waals surface area contributed by atoms with Crippen LogP contribution in [-0.2, 0) is 4.79 Å². The van der Waals surface area contributed by atoms with E-state index in [1.54, 1.807) is 4.90 Å². The largest absolute Gasteiger partial charge is 0.325 e. The lowest BCUT2D eigenvalue weighted by atomic mass is 9.87. The Kier molecular flexibility index (Phi) is 4.55.